The Labute approximate surface area is 126 Å². The standard InChI is InChI=1S/C18H21ClO/c1-13-6-7-16(8-14(13)2)10-17(12-20)9-15-4-3-5-18(19)11-15/h3-8,11,17,20H,9-10,12H2,1-2H3. The van der Waals surface area contributed by atoms with Crippen LogP contribution in [-0.2, 0) is 12.8 Å². The van der Waals surface area contributed by atoms with E-state index in [1.807, 2.05) is 18.2 Å². The monoisotopic (exact) mass is 288 g/mol. The molecule has 106 valence electrons. The lowest BCUT2D eigenvalue weighted by molar-refractivity contribution is 0.225. The maximum Gasteiger partial charge on any atom is 0.0465 e. The number of aliphatic hydroxyl groups excluding tert-OH is 1. The fraction of sp³-hybridized carbons (Fsp3) is 0.333. The summed E-state index contributed by atoms with van der Waals surface area (Å²) in [5, 5.41) is 10.4. The highest BCUT2D eigenvalue weighted by atomic mass is 35.5. The minimum atomic E-state index is 0.194. The maximum atomic E-state index is 9.61. The number of benzene rings is 2. The lowest BCUT2D eigenvalue weighted by Gasteiger charge is -2.15. The second-order valence-electron chi connectivity index (χ2n) is 5.51. The molecule has 0 aliphatic carbocycles. The van der Waals surface area contributed by atoms with Crippen LogP contribution in [0.25, 0.3) is 0 Å². The predicted molar refractivity (Wildman–Crippen MR) is 85.4 cm³/mol. The third-order valence-corrected chi connectivity index (χ3v) is 4.00. The molecule has 0 fully saturated rings. The van der Waals surface area contributed by atoms with Crippen molar-refractivity contribution in [3.8, 4) is 0 Å². The molecule has 1 nitrogen and oxygen atoms in total. The van der Waals surface area contributed by atoms with Crippen LogP contribution < -0.4 is 0 Å². The minimum Gasteiger partial charge on any atom is -0.396 e. The zero-order valence-corrected chi connectivity index (χ0v) is 12.8. The first-order valence-electron chi connectivity index (χ1n) is 7.00. The van der Waals surface area contributed by atoms with Gasteiger partial charge in [0.1, 0.15) is 0 Å². The van der Waals surface area contributed by atoms with Gasteiger partial charge in [0.2, 0.25) is 0 Å². The molecule has 0 spiro atoms. The highest BCUT2D eigenvalue weighted by molar-refractivity contribution is 6.30. The smallest absolute Gasteiger partial charge is 0.0465 e. The lowest BCUT2D eigenvalue weighted by atomic mass is 9.92. The van der Waals surface area contributed by atoms with Crippen molar-refractivity contribution in [2.24, 2.45) is 5.92 Å². The molecule has 0 amide bonds. The van der Waals surface area contributed by atoms with E-state index in [-0.39, 0.29) is 12.5 Å². The molecule has 1 atom stereocenters. The van der Waals surface area contributed by atoms with Crippen LogP contribution in [0, 0.1) is 19.8 Å². The van der Waals surface area contributed by atoms with Crippen molar-refractivity contribution in [3.05, 3.63) is 69.7 Å². The van der Waals surface area contributed by atoms with Gasteiger partial charge in [0, 0.05) is 11.6 Å². The van der Waals surface area contributed by atoms with E-state index >= 15 is 0 Å². The fourth-order valence-electron chi connectivity index (χ4n) is 2.46. The molecule has 1 unspecified atom stereocenters. The average Bonchev–Trinajstić information content (AvgIpc) is 2.42. The zero-order valence-electron chi connectivity index (χ0n) is 12.1. The quantitative estimate of drug-likeness (QED) is 0.867. The van der Waals surface area contributed by atoms with Gasteiger partial charge in [0.05, 0.1) is 0 Å². The summed E-state index contributed by atoms with van der Waals surface area (Å²) >= 11 is 6.01. The molecule has 2 aromatic carbocycles. The number of aliphatic hydroxyl groups is 1. The summed E-state index contributed by atoms with van der Waals surface area (Å²) in [5.74, 6) is 0.232. The van der Waals surface area contributed by atoms with Crippen LogP contribution >= 0.6 is 11.6 Å². The number of halogens is 1. The second-order valence-corrected chi connectivity index (χ2v) is 5.94. The van der Waals surface area contributed by atoms with Crippen LogP contribution in [0.5, 0.6) is 0 Å². The van der Waals surface area contributed by atoms with E-state index in [2.05, 4.69) is 38.1 Å². The average molecular weight is 289 g/mol. The van der Waals surface area contributed by atoms with Gasteiger partial charge in [-0.1, -0.05) is 41.9 Å². The lowest BCUT2D eigenvalue weighted by Crippen LogP contribution is -2.13. The SMILES string of the molecule is Cc1ccc(CC(CO)Cc2cccc(Cl)c2)cc1C. The summed E-state index contributed by atoms with van der Waals surface area (Å²) in [5.41, 5.74) is 5.08. The molecule has 2 aromatic rings. The number of rotatable bonds is 5. The molecule has 0 saturated heterocycles. The Morgan fingerprint density at radius 3 is 2.25 bits per heavy atom. The first kappa shape index (κ1) is 15.1. The first-order chi connectivity index (χ1) is 9.58. The van der Waals surface area contributed by atoms with Crippen molar-refractivity contribution >= 4 is 11.6 Å². The number of hydrogen-bond acceptors (Lipinski definition) is 1. The molecule has 2 heteroatoms. The van der Waals surface area contributed by atoms with Crippen LogP contribution in [-0.4, -0.2) is 11.7 Å². The zero-order chi connectivity index (χ0) is 14.5. The van der Waals surface area contributed by atoms with Gasteiger partial charge in [0.15, 0.2) is 0 Å². The maximum absolute atomic E-state index is 9.61. The van der Waals surface area contributed by atoms with Crippen LogP contribution in [0.15, 0.2) is 42.5 Å². The molecule has 2 rings (SSSR count). The van der Waals surface area contributed by atoms with Crippen LogP contribution in [0.4, 0.5) is 0 Å². The van der Waals surface area contributed by atoms with E-state index in [0.29, 0.717) is 0 Å². The van der Waals surface area contributed by atoms with E-state index in [0.717, 1.165) is 17.9 Å². The van der Waals surface area contributed by atoms with Gasteiger partial charge in [-0.25, -0.2) is 0 Å². The van der Waals surface area contributed by atoms with Crippen molar-refractivity contribution < 1.29 is 5.11 Å². The van der Waals surface area contributed by atoms with E-state index in [1.54, 1.807) is 0 Å². The summed E-state index contributed by atoms with van der Waals surface area (Å²) in [6.07, 6.45) is 1.74. The van der Waals surface area contributed by atoms with Gasteiger partial charge >= 0.3 is 0 Å². The molecule has 0 saturated carbocycles. The minimum absolute atomic E-state index is 0.194. The normalized spacial score (nSPS) is 12.4. The Balaban J connectivity index is 2.07. The van der Waals surface area contributed by atoms with Crippen molar-refractivity contribution in [1.82, 2.24) is 0 Å². The van der Waals surface area contributed by atoms with E-state index in [4.69, 9.17) is 11.6 Å². The molecule has 0 aliphatic heterocycles. The largest absolute Gasteiger partial charge is 0.396 e. The van der Waals surface area contributed by atoms with Gasteiger partial charge in [-0.2, -0.15) is 0 Å². The number of aryl methyl sites for hydroxylation is 2. The molecular weight excluding hydrogens is 268 g/mol. The summed E-state index contributed by atoms with van der Waals surface area (Å²) in [6, 6.07) is 14.4. The van der Waals surface area contributed by atoms with E-state index < -0.39 is 0 Å². The second kappa shape index (κ2) is 6.92. The summed E-state index contributed by atoms with van der Waals surface area (Å²) < 4.78 is 0. The molecule has 1 N–H and O–H groups in total. The molecule has 0 heterocycles. The Morgan fingerprint density at radius 1 is 0.950 bits per heavy atom. The third kappa shape index (κ3) is 4.09. The van der Waals surface area contributed by atoms with Crippen LogP contribution in [0.2, 0.25) is 5.02 Å². The first-order valence-corrected chi connectivity index (χ1v) is 7.37. The Hall–Kier alpha value is -1.31. The molecular formula is C18H21ClO. The Morgan fingerprint density at radius 2 is 1.65 bits per heavy atom. The van der Waals surface area contributed by atoms with Crippen molar-refractivity contribution in [2.45, 2.75) is 26.7 Å². The van der Waals surface area contributed by atoms with E-state index in [1.165, 1.54) is 22.3 Å². The number of hydrogen-bond donors (Lipinski definition) is 1. The molecule has 0 radical (unpaired) electrons. The van der Waals surface area contributed by atoms with Gasteiger partial charge < -0.3 is 5.11 Å². The van der Waals surface area contributed by atoms with Crippen LogP contribution in [0.3, 0.4) is 0 Å². The highest BCUT2D eigenvalue weighted by Crippen LogP contribution is 2.19. The predicted octanol–water partition coefficient (Wildman–Crippen LogP) is 4.35. The Bertz CT molecular complexity index is 577. The van der Waals surface area contributed by atoms with Crippen LogP contribution in [0.1, 0.15) is 22.3 Å². The Kier molecular flexibility index (Phi) is 5.22. The van der Waals surface area contributed by atoms with E-state index in [9.17, 15) is 5.11 Å². The summed E-state index contributed by atoms with van der Waals surface area (Å²) in [7, 11) is 0. The molecule has 0 aliphatic rings. The van der Waals surface area contributed by atoms with Gasteiger partial charge in [-0.15, -0.1) is 0 Å². The van der Waals surface area contributed by atoms with Gasteiger partial charge in [-0.3, -0.25) is 0 Å². The van der Waals surface area contributed by atoms with Gasteiger partial charge in [0.25, 0.3) is 0 Å². The van der Waals surface area contributed by atoms with Crippen molar-refractivity contribution in [3.63, 3.8) is 0 Å². The summed E-state index contributed by atoms with van der Waals surface area (Å²) in [4.78, 5) is 0. The van der Waals surface area contributed by atoms with Crippen molar-refractivity contribution in [2.75, 3.05) is 6.61 Å². The van der Waals surface area contributed by atoms with Crippen molar-refractivity contribution in [1.29, 1.82) is 0 Å². The van der Waals surface area contributed by atoms with Gasteiger partial charge in [-0.05, 0) is 67.0 Å². The fourth-order valence-corrected chi connectivity index (χ4v) is 2.68. The molecule has 20 heavy (non-hydrogen) atoms. The topological polar surface area (TPSA) is 20.2 Å². The third-order valence-electron chi connectivity index (χ3n) is 3.77. The summed E-state index contributed by atoms with van der Waals surface area (Å²) in [6.45, 7) is 4.44. The molecule has 0 aromatic heterocycles. The molecule has 0 bridgehead atoms. The highest BCUT2D eigenvalue weighted by Gasteiger charge is 2.10.